The Labute approximate surface area is 105 Å². The second-order valence-corrected chi connectivity index (χ2v) is 8.61. The minimum Gasteiger partial charge on any atom is -0.420 e. The van der Waals surface area contributed by atoms with Crippen LogP contribution in [0.1, 0.15) is 12.0 Å². The van der Waals surface area contributed by atoms with E-state index in [0.717, 1.165) is 31.1 Å². The molecule has 0 radical (unpaired) electrons. The first kappa shape index (κ1) is 14.4. The highest BCUT2D eigenvalue weighted by molar-refractivity contribution is 6.73. The van der Waals surface area contributed by atoms with Gasteiger partial charge in [-0.2, -0.15) is 0 Å². The molecule has 0 amide bonds. The van der Waals surface area contributed by atoms with Crippen molar-refractivity contribution < 1.29 is 4.43 Å². The highest BCUT2D eigenvalue weighted by Gasteiger charge is 2.32. The van der Waals surface area contributed by atoms with Crippen molar-refractivity contribution in [2.24, 2.45) is 11.5 Å². The Morgan fingerprint density at radius 3 is 2.29 bits per heavy atom. The van der Waals surface area contributed by atoms with Crippen LogP contribution < -0.4 is 11.5 Å². The molecule has 4 heteroatoms. The highest BCUT2D eigenvalue weighted by Crippen LogP contribution is 2.23. The molecule has 0 saturated carbocycles. The highest BCUT2D eigenvalue weighted by atomic mass is 28.4. The Balaban J connectivity index is 2.74. The van der Waals surface area contributed by atoms with Crippen LogP contribution in [0.5, 0.6) is 0 Å². The normalized spacial score (nSPS) is 14.5. The molecule has 1 atom stereocenters. The molecule has 1 unspecified atom stereocenters. The summed E-state index contributed by atoms with van der Waals surface area (Å²) >= 11 is 0. The Morgan fingerprint density at radius 2 is 1.76 bits per heavy atom. The quantitative estimate of drug-likeness (QED) is 0.692. The summed E-state index contributed by atoms with van der Waals surface area (Å²) in [5.41, 5.74) is 12.7. The summed E-state index contributed by atoms with van der Waals surface area (Å²) in [6.07, 6.45) is 1.03. The first-order valence-electron chi connectivity index (χ1n) is 6.25. The third-order valence-electron chi connectivity index (χ3n) is 3.24. The largest absolute Gasteiger partial charge is 0.420 e. The van der Waals surface area contributed by atoms with Crippen LogP contribution in [0.15, 0.2) is 30.3 Å². The van der Waals surface area contributed by atoms with Gasteiger partial charge in [-0.15, -0.1) is 0 Å². The lowest BCUT2D eigenvalue weighted by Gasteiger charge is -2.29. The molecule has 0 saturated heterocycles. The van der Waals surface area contributed by atoms with Gasteiger partial charge in [-0.25, -0.2) is 0 Å². The van der Waals surface area contributed by atoms with Crippen LogP contribution in [0.25, 0.3) is 0 Å². The summed E-state index contributed by atoms with van der Waals surface area (Å²) in [5, 5.41) is 0. The van der Waals surface area contributed by atoms with Gasteiger partial charge in [-0.05, 0) is 43.2 Å². The third kappa shape index (κ3) is 4.59. The van der Waals surface area contributed by atoms with Crippen LogP contribution in [0.3, 0.4) is 0 Å². The van der Waals surface area contributed by atoms with E-state index in [0.29, 0.717) is 6.54 Å². The smallest absolute Gasteiger partial charge is 0.197 e. The Kier molecular flexibility index (Phi) is 6.43. The number of nitrogens with two attached hydrogens (primary N) is 2. The summed E-state index contributed by atoms with van der Waals surface area (Å²) in [6.45, 7) is 1.44. The van der Waals surface area contributed by atoms with Gasteiger partial charge in [0.15, 0.2) is 8.32 Å². The number of benzene rings is 1. The van der Waals surface area contributed by atoms with E-state index in [-0.39, 0.29) is 0 Å². The molecule has 0 bridgehead atoms. The third-order valence-corrected chi connectivity index (χ3v) is 7.62. The van der Waals surface area contributed by atoms with E-state index >= 15 is 0 Å². The lowest BCUT2D eigenvalue weighted by atomic mass is 10.2. The zero-order valence-corrected chi connectivity index (χ0v) is 11.7. The zero-order chi connectivity index (χ0) is 12.6. The van der Waals surface area contributed by atoms with Crippen LogP contribution in [0.4, 0.5) is 0 Å². The van der Waals surface area contributed by atoms with Crippen molar-refractivity contribution in [3.63, 3.8) is 0 Å². The fourth-order valence-electron chi connectivity index (χ4n) is 2.23. The summed E-state index contributed by atoms with van der Waals surface area (Å²) < 4.78 is 5.89. The van der Waals surface area contributed by atoms with Gasteiger partial charge >= 0.3 is 0 Å². The van der Waals surface area contributed by atoms with Crippen molar-refractivity contribution in [2.45, 2.75) is 24.6 Å². The van der Waals surface area contributed by atoms with E-state index in [9.17, 15) is 0 Å². The van der Waals surface area contributed by atoms with Gasteiger partial charge in [0.05, 0.1) is 0 Å². The molecule has 0 fully saturated rings. The molecule has 0 heterocycles. The average Bonchev–Trinajstić information content (AvgIpc) is 2.37. The van der Waals surface area contributed by atoms with Gasteiger partial charge in [-0.3, -0.25) is 0 Å². The Hall–Kier alpha value is -0.683. The number of rotatable bonds is 8. The monoisotopic (exact) mass is 252 g/mol. The Bertz CT molecular complexity index is 308. The van der Waals surface area contributed by atoms with Crippen molar-refractivity contribution in [3.8, 4) is 0 Å². The topological polar surface area (TPSA) is 61.3 Å². The maximum Gasteiger partial charge on any atom is 0.197 e. The van der Waals surface area contributed by atoms with Gasteiger partial charge in [0.2, 0.25) is 0 Å². The van der Waals surface area contributed by atoms with E-state index in [1.165, 1.54) is 5.56 Å². The second kappa shape index (κ2) is 7.61. The van der Waals surface area contributed by atoms with E-state index in [1.54, 1.807) is 0 Å². The van der Waals surface area contributed by atoms with Crippen LogP contribution >= 0.6 is 0 Å². The van der Waals surface area contributed by atoms with Crippen molar-refractivity contribution in [2.75, 3.05) is 20.2 Å². The fraction of sp³-hybridized carbons (Fsp3) is 0.538. The van der Waals surface area contributed by atoms with Crippen molar-refractivity contribution >= 4 is 8.32 Å². The van der Waals surface area contributed by atoms with Gasteiger partial charge in [0.1, 0.15) is 0 Å². The predicted octanol–water partition coefficient (Wildman–Crippen LogP) is 1.67. The zero-order valence-electron chi connectivity index (χ0n) is 10.7. The minimum absolute atomic E-state index is 0.706. The standard InChI is InChI=1S/C13H24N2OSi/c1-16-17(11-9-15,10-5-8-14)12-13-6-3-2-4-7-13/h2-4,6-7H,5,8-12,14-15H2,1H3. The van der Waals surface area contributed by atoms with Gasteiger partial charge in [0.25, 0.3) is 0 Å². The summed E-state index contributed by atoms with van der Waals surface area (Å²) in [5.74, 6) is 0. The molecular weight excluding hydrogens is 228 g/mol. The molecule has 0 aliphatic carbocycles. The molecule has 96 valence electrons. The van der Waals surface area contributed by atoms with Crippen molar-refractivity contribution in [3.05, 3.63) is 35.9 Å². The summed E-state index contributed by atoms with van der Waals surface area (Å²) in [4.78, 5) is 0. The molecule has 1 aromatic rings. The fourth-order valence-corrected chi connectivity index (χ4v) is 5.74. The molecule has 4 N–H and O–H groups in total. The SMILES string of the molecule is CO[Si](CCN)(CCCN)Cc1ccccc1. The molecule has 0 aliphatic heterocycles. The number of hydrogen-bond acceptors (Lipinski definition) is 3. The maximum atomic E-state index is 5.89. The molecule has 0 aliphatic rings. The summed E-state index contributed by atoms with van der Waals surface area (Å²) in [6, 6.07) is 13.7. The number of hydrogen-bond donors (Lipinski definition) is 2. The van der Waals surface area contributed by atoms with E-state index in [2.05, 4.69) is 24.3 Å². The van der Waals surface area contributed by atoms with Crippen LogP contribution in [-0.2, 0) is 10.5 Å². The van der Waals surface area contributed by atoms with Gasteiger partial charge in [-0.1, -0.05) is 30.3 Å². The van der Waals surface area contributed by atoms with Crippen LogP contribution in [0.2, 0.25) is 12.1 Å². The molecule has 1 aromatic carbocycles. The Morgan fingerprint density at radius 1 is 1.06 bits per heavy atom. The van der Waals surface area contributed by atoms with Crippen molar-refractivity contribution in [1.82, 2.24) is 0 Å². The first-order chi connectivity index (χ1) is 8.26. The van der Waals surface area contributed by atoms with Crippen LogP contribution in [-0.4, -0.2) is 28.5 Å². The lowest BCUT2D eigenvalue weighted by molar-refractivity contribution is 0.387. The van der Waals surface area contributed by atoms with E-state index < -0.39 is 8.32 Å². The first-order valence-corrected chi connectivity index (χ1v) is 8.78. The molecule has 3 nitrogen and oxygen atoms in total. The van der Waals surface area contributed by atoms with E-state index in [1.807, 2.05) is 13.2 Å². The van der Waals surface area contributed by atoms with Crippen molar-refractivity contribution in [1.29, 1.82) is 0 Å². The van der Waals surface area contributed by atoms with Gasteiger partial charge < -0.3 is 15.9 Å². The predicted molar refractivity (Wildman–Crippen MR) is 75.2 cm³/mol. The lowest BCUT2D eigenvalue weighted by Crippen LogP contribution is -2.42. The van der Waals surface area contributed by atoms with Crippen LogP contribution in [0, 0.1) is 0 Å². The maximum absolute atomic E-state index is 5.89. The second-order valence-electron chi connectivity index (χ2n) is 4.48. The van der Waals surface area contributed by atoms with Gasteiger partial charge in [0, 0.05) is 7.11 Å². The molecular formula is C13H24N2OSi. The molecule has 0 aromatic heterocycles. The summed E-state index contributed by atoms with van der Waals surface area (Å²) in [7, 11) is 0.0984. The molecule has 0 spiro atoms. The minimum atomic E-state index is -1.74. The molecule has 17 heavy (non-hydrogen) atoms. The average molecular weight is 252 g/mol. The molecule has 1 rings (SSSR count). The van der Waals surface area contributed by atoms with E-state index in [4.69, 9.17) is 15.9 Å².